The highest BCUT2D eigenvalue weighted by Gasteiger charge is 2.19. The minimum Gasteiger partial charge on any atom is -0.288 e. The van der Waals surface area contributed by atoms with Gasteiger partial charge in [-0.25, -0.2) is 0 Å². The Bertz CT molecular complexity index is 568. The van der Waals surface area contributed by atoms with Crippen LogP contribution in [-0.4, -0.2) is 5.78 Å². The van der Waals surface area contributed by atoms with Crippen molar-refractivity contribution in [1.29, 1.82) is 0 Å². The van der Waals surface area contributed by atoms with E-state index in [4.69, 9.17) is 46.4 Å². The summed E-state index contributed by atoms with van der Waals surface area (Å²) in [6.45, 7) is 0. The Morgan fingerprint density at radius 2 is 1.59 bits per heavy atom. The van der Waals surface area contributed by atoms with Crippen LogP contribution in [0, 0.1) is 0 Å². The van der Waals surface area contributed by atoms with Gasteiger partial charge in [0.15, 0.2) is 0 Å². The monoisotopic (exact) mass is 324 g/mol. The number of carbonyl (C=O) groups excluding carboxylic acids is 1. The second kappa shape index (κ2) is 5.17. The average Bonchev–Trinajstić information content (AvgIpc) is 2.63. The number of rotatable bonds is 2. The van der Waals surface area contributed by atoms with Crippen LogP contribution in [0.1, 0.15) is 15.2 Å². The van der Waals surface area contributed by atoms with Gasteiger partial charge in [-0.15, -0.1) is 11.3 Å². The van der Waals surface area contributed by atoms with E-state index in [9.17, 15) is 4.79 Å². The van der Waals surface area contributed by atoms with Crippen LogP contribution in [0.2, 0.25) is 19.4 Å². The fraction of sp³-hybridized carbons (Fsp3) is 0. The van der Waals surface area contributed by atoms with Gasteiger partial charge in [0.1, 0.15) is 0 Å². The van der Waals surface area contributed by atoms with Crippen LogP contribution >= 0.6 is 57.7 Å². The molecule has 88 valence electrons. The topological polar surface area (TPSA) is 17.1 Å². The summed E-state index contributed by atoms with van der Waals surface area (Å²) in [7, 11) is 0. The van der Waals surface area contributed by atoms with Gasteiger partial charge in [-0.2, -0.15) is 0 Å². The van der Waals surface area contributed by atoms with Crippen LogP contribution in [-0.2, 0) is 0 Å². The number of carbonyl (C=O) groups is 1. The zero-order chi connectivity index (χ0) is 12.6. The van der Waals surface area contributed by atoms with E-state index in [1.165, 1.54) is 23.5 Å². The molecule has 0 atom stereocenters. The maximum atomic E-state index is 12.2. The molecule has 6 heteroatoms. The van der Waals surface area contributed by atoms with Crippen molar-refractivity contribution < 1.29 is 4.79 Å². The van der Waals surface area contributed by atoms with Crippen molar-refractivity contribution in [2.24, 2.45) is 0 Å². The first-order chi connectivity index (χ1) is 7.99. The Hall–Kier alpha value is -0.250. The molecule has 1 heterocycles. The predicted octanol–water partition coefficient (Wildman–Crippen LogP) is 5.59. The van der Waals surface area contributed by atoms with Crippen molar-refractivity contribution in [2.75, 3.05) is 0 Å². The minimum absolute atomic E-state index is 0.233. The SMILES string of the molecule is O=C(c1ccc(Cl)s1)c1c(Cl)cc(Cl)cc1Cl. The average molecular weight is 326 g/mol. The predicted molar refractivity (Wildman–Crippen MR) is 74.2 cm³/mol. The highest BCUT2D eigenvalue weighted by atomic mass is 35.5. The number of thiophene rings is 1. The molecular weight excluding hydrogens is 322 g/mol. The summed E-state index contributed by atoms with van der Waals surface area (Å²) >= 11 is 24.7. The molecule has 1 aromatic heterocycles. The van der Waals surface area contributed by atoms with Crippen LogP contribution in [0.4, 0.5) is 0 Å². The number of ketones is 1. The molecule has 0 unspecified atom stereocenters. The molecule has 0 fully saturated rings. The molecule has 0 aliphatic carbocycles. The molecule has 0 radical (unpaired) electrons. The number of halogens is 4. The molecule has 0 aliphatic rings. The van der Waals surface area contributed by atoms with Gasteiger partial charge < -0.3 is 0 Å². The minimum atomic E-state index is -0.256. The summed E-state index contributed by atoms with van der Waals surface area (Å²) in [5.74, 6) is -0.256. The zero-order valence-corrected chi connectivity index (χ0v) is 12.0. The molecule has 0 saturated heterocycles. The normalized spacial score (nSPS) is 10.6. The fourth-order valence-electron chi connectivity index (χ4n) is 1.32. The highest BCUT2D eigenvalue weighted by Crippen LogP contribution is 2.33. The third kappa shape index (κ3) is 2.78. The maximum Gasteiger partial charge on any atom is 0.206 e. The van der Waals surface area contributed by atoms with Crippen molar-refractivity contribution in [3.05, 3.63) is 54.1 Å². The van der Waals surface area contributed by atoms with Crippen molar-refractivity contribution in [1.82, 2.24) is 0 Å². The van der Waals surface area contributed by atoms with E-state index in [0.29, 0.717) is 14.2 Å². The molecule has 0 N–H and O–H groups in total. The van der Waals surface area contributed by atoms with E-state index in [2.05, 4.69) is 0 Å². The van der Waals surface area contributed by atoms with E-state index in [1.54, 1.807) is 12.1 Å². The third-order valence-electron chi connectivity index (χ3n) is 2.03. The molecule has 0 spiro atoms. The van der Waals surface area contributed by atoms with Gasteiger partial charge in [0, 0.05) is 5.02 Å². The Labute approximate surface area is 122 Å². The van der Waals surface area contributed by atoms with Crippen LogP contribution in [0.5, 0.6) is 0 Å². The Morgan fingerprint density at radius 3 is 2.06 bits per heavy atom. The van der Waals surface area contributed by atoms with E-state index in [0.717, 1.165) is 0 Å². The van der Waals surface area contributed by atoms with Gasteiger partial charge >= 0.3 is 0 Å². The van der Waals surface area contributed by atoms with E-state index in [-0.39, 0.29) is 21.4 Å². The summed E-state index contributed by atoms with van der Waals surface area (Å²) in [6, 6.07) is 6.25. The summed E-state index contributed by atoms with van der Waals surface area (Å²) in [4.78, 5) is 12.6. The van der Waals surface area contributed by atoms with Crippen molar-refractivity contribution in [2.45, 2.75) is 0 Å². The summed E-state index contributed by atoms with van der Waals surface area (Å²) < 4.78 is 0.537. The molecule has 2 rings (SSSR count). The summed E-state index contributed by atoms with van der Waals surface area (Å²) in [5.41, 5.74) is 0.247. The largest absolute Gasteiger partial charge is 0.288 e. The molecule has 2 aromatic rings. The zero-order valence-electron chi connectivity index (χ0n) is 8.14. The Balaban J connectivity index is 2.51. The van der Waals surface area contributed by atoms with Gasteiger partial charge in [-0.1, -0.05) is 46.4 Å². The first kappa shape index (κ1) is 13.2. The molecule has 0 bridgehead atoms. The van der Waals surface area contributed by atoms with E-state index < -0.39 is 0 Å². The van der Waals surface area contributed by atoms with Crippen molar-refractivity contribution in [3.8, 4) is 0 Å². The van der Waals surface area contributed by atoms with Crippen LogP contribution in [0.25, 0.3) is 0 Å². The fourth-order valence-corrected chi connectivity index (χ4v) is 3.30. The number of hydrogen-bond acceptors (Lipinski definition) is 2. The lowest BCUT2D eigenvalue weighted by atomic mass is 10.1. The van der Waals surface area contributed by atoms with E-state index >= 15 is 0 Å². The Morgan fingerprint density at radius 1 is 1.00 bits per heavy atom. The molecule has 1 aromatic carbocycles. The highest BCUT2D eigenvalue weighted by molar-refractivity contribution is 7.18. The lowest BCUT2D eigenvalue weighted by molar-refractivity contribution is 0.104. The molecule has 17 heavy (non-hydrogen) atoms. The molecular formula is C11H4Cl4OS. The van der Waals surface area contributed by atoms with Gasteiger partial charge in [0.2, 0.25) is 5.78 Å². The first-order valence-electron chi connectivity index (χ1n) is 4.43. The Kier molecular flexibility index (Phi) is 4.01. The lowest BCUT2D eigenvalue weighted by Crippen LogP contribution is -2.00. The second-order valence-electron chi connectivity index (χ2n) is 3.18. The quantitative estimate of drug-likeness (QED) is 0.657. The van der Waals surface area contributed by atoms with Gasteiger partial charge in [-0.05, 0) is 24.3 Å². The van der Waals surface area contributed by atoms with Crippen LogP contribution in [0.15, 0.2) is 24.3 Å². The number of hydrogen-bond donors (Lipinski definition) is 0. The molecule has 0 amide bonds. The summed E-state index contributed by atoms with van der Waals surface area (Å²) in [5, 5.41) is 0.856. The lowest BCUT2D eigenvalue weighted by Gasteiger charge is -2.05. The summed E-state index contributed by atoms with van der Waals surface area (Å²) in [6.07, 6.45) is 0. The standard InChI is InChI=1S/C11H4Cl4OS/c12-5-3-6(13)10(7(14)4-5)11(16)8-1-2-9(15)17-8/h1-4H. The van der Waals surface area contributed by atoms with Crippen LogP contribution in [0.3, 0.4) is 0 Å². The maximum absolute atomic E-state index is 12.2. The molecule has 0 aliphatic heterocycles. The number of benzene rings is 1. The van der Waals surface area contributed by atoms with Gasteiger partial charge in [-0.3, -0.25) is 4.79 Å². The van der Waals surface area contributed by atoms with Crippen LogP contribution < -0.4 is 0 Å². The van der Waals surface area contributed by atoms with E-state index in [1.807, 2.05) is 0 Å². The van der Waals surface area contributed by atoms with Crippen molar-refractivity contribution in [3.63, 3.8) is 0 Å². The second-order valence-corrected chi connectivity index (χ2v) is 6.14. The molecule has 0 saturated carbocycles. The third-order valence-corrected chi connectivity index (χ3v) is 4.08. The van der Waals surface area contributed by atoms with Gasteiger partial charge in [0.05, 0.1) is 24.8 Å². The molecule has 1 nitrogen and oxygen atoms in total. The smallest absolute Gasteiger partial charge is 0.206 e. The van der Waals surface area contributed by atoms with Crippen molar-refractivity contribution >= 4 is 63.5 Å². The van der Waals surface area contributed by atoms with Gasteiger partial charge in [0.25, 0.3) is 0 Å². The first-order valence-corrected chi connectivity index (χ1v) is 6.76.